The third-order valence-corrected chi connectivity index (χ3v) is 3.41. The van der Waals surface area contributed by atoms with Gasteiger partial charge in [-0.2, -0.15) is 0 Å². The van der Waals surface area contributed by atoms with Crippen molar-refractivity contribution >= 4 is 11.7 Å². The van der Waals surface area contributed by atoms with Crippen LogP contribution in [0.2, 0.25) is 0 Å². The first kappa shape index (κ1) is 14.1. The van der Waals surface area contributed by atoms with Gasteiger partial charge in [-0.3, -0.25) is 0 Å². The molecule has 0 aliphatic carbocycles. The van der Waals surface area contributed by atoms with Crippen LogP contribution in [0.5, 0.6) is 0 Å². The van der Waals surface area contributed by atoms with Crippen LogP contribution < -0.4 is 4.90 Å². The summed E-state index contributed by atoms with van der Waals surface area (Å²) in [6.07, 6.45) is 1.05. The van der Waals surface area contributed by atoms with E-state index in [0.717, 1.165) is 18.7 Å². The molecule has 0 saturated heterocycles. The van der Waals surface area contributed by atoms with Crippen molar-refractivity contribution in [3.8, 4) is 0 Å². The molecule has 0 atom stereocenters. The Kier molecular flexibility index (Phi) is 4.41. The Balaban J connectivity index is 2.06. The molecule has 0 aliphatic rings. The van der Waals surface area contributed by atoms with Crippen molar-refractivity contribution in [3.63, 3.8) is 0 Å². The SMILES string of the molecule is CCc1ccc(CN(C)c2ccc(C(=O)O)cc2)cc1. The zero-order valence-electron chi connectivity index (χ0n) is 11.8. The maximum atomic E-state index is 10.8. The average molecular weight is 269 g/mol. The fraction of sp³-hybridized carbons (Fsp3) is 0.235. The maximum absolute atomic E-state index is 10.8. The van der Waals surface area contributed by atoms with Gasteiger partial charge in [0.25, 0.3) is 0 Å². The molecule has 20 heavy (non-hydrogen) atoms. The Hall–Kier alpha value is -2.29. The maximum Gasteiger partial charge on any atom is 0.335 e. The molecule has 0 radical (unpaired) electrons. The third kappa shape index (κ3) is 3.38. The molecule has 3 heteroatoms. The molecule has 3 nitrogen and oxygen atoms in total. The first-order valence-corrected chi connectivity index (χ1v) is 6.72. The van der Waals surface area contributed by atoms with E-state index in [0.29, 0.717) is 5.56 Å². The van der Waals surface area contributed by atoms with Gasteiger partial charge in [-0.25, -0.2) is 4.79 Å². The lowest BCUT2D eigenvalue weighted by Gasteiger charge is -2.19. The van der Waals surface area contributed by atoms with E-state index in [9.17, 15) is 4.79 Å². The number of hydrogen-bond donors (Lipinski definition) is 1. The highest BCUT2D eigenvalue weighted by Gasteiger charge is 2.05. The molecule has 2 aromatic rings. The highest BCUT2D eigenvalue weighted by atomic mass is 16.4. The highest BCUT2D eigenvalue weighted by Crippen LogP contribution is 2.17. The number of nitrogens with zero attached hydrogens (tertiary/aromatic N) is 1. The molecule has 1 N–H and O–H groups in total. The largest absolute Gasteiger partial charge is 0.478 e. The molecule has 0 amide bonds. The van der Waals surface area contributed by atoms with E-state index in [2.05, 4.69) is 36.1 Å². The summed E-state index contributed by atoms with van der Waals surface area (Å²) in [6, 6.07) is 15.5. The summed E-state index contributed by atoms with van der Waals surface area (Å²) in [6.45, 7) is 2.95. The van der Waals surface area contributed by atoms with Crippen molar-refractivity contribution in [2.24, 2.45) is 0 Å². The van der Waals surface area contributed by atoms with Gasteiger partial charge in [0.05, 0.1) is 5.56 Å². The van der Waals surface area contributed by atoms with E-state index >= 15 is 0 Å². The molecule has 0 saturated carbocycles. The first-order chi connectivity index (χ1) is 9.60. The number of hydrogen-bond acceptors (Lipinski definition) is 2. The smallest absolute Gasteiger partial charge is 0.335 e. The summed E-state index contributed by atoms with van der Waals surface area (Å²) >= 11 is 0. The summed E-state index contributed by atoms with van der Waals surface area (Å²) in [7, 11) is 2.00. The molecule has 2 rings (SSSR count). The van der Waals surface area contributed by atoms with E-state index in [1.807, 2.05) is 19.2 Å². The molecule has 0 aliphatic heterocycles. The van der Waals surface area contributed by atoms with Crippen molar-refractivity contribution in [2.45, 2.75) is 19.9 Å². The predicted octanol–water partition coefficient (Wildman–Crippen LogP) is 3.58. The Morgan fingerprint density at radius 3 is 2.05 bits per heavy atom. The van der Waals surface area contributed by atoms with Crippen molar-refractivity contribution in [2.75, 3.05) is 11.9 Å². The second-order valence-electron chi connectivity index (χ2n) is 4.88. The van der Waals surface area contributed by atoms with Crippen LogP contribution in [0.25, 0.3) is 0 Å². The molecule has 0 unspecified atom stereocenters. The Labute approximate surface area is 119 Å². The van der Waals surface area contributed by atoms with Gasteiger partial charge in [0.15, 0.2) is 0 Å². The van der Waals surface area contributed by atoms with Crippen molar-refractivity contribution in [3.05, 3.63) is 65.2 Å². The monoisotopic (exact) mass is 269 g/mol. The molecular formula is C17H19NO2. The van der Waals surface area contributed by atoms with Crippen LogP contribution in [0, 0.1) is 0 Å². The fourth-order valence-corrected chi connectivity index (χ4v) is 2.10. The lowest BCUT2D eigenvalue weighted by atomic mass is 10.1. The normalized spacial score (nSPS) is 10.3. The van der Waals surface area contributed by atoms with Crippen molar-refractivity contribution < 1.29 is 9.90 Å². The van der Waals surface area contributed by atoms with Crippen molar-refractivity contribution in [1.29, 1.82) is 0 Å². The second-order valence-corrected chi connectivity index (χ2v) is 4.88. The minimum absolute atomic E-state index is 0.314. The van der Waals surface area contributed by atoms with Gasteiger partial charge >= 0.3 is 5.97 Å². The number of carbonyl (C=O) groups is 1. The van der Waals surface area contributed by atoms with Gasteiger partial charge < -0.3 is 10.0 Å². The van der Waals surface area contributed by atoms with Crippen LogP contribution in [0.3, 0.4) is 0 Å². The number of aromatic carboxylic acids is 1. The number of carboxylic acids is 1. The van der Waals surface area contributed by atoms with Crippen molar-refractivity contribution in [1.82, 2.24) is 0 Å². The zero-order chi connectivity index (χ0) is 14.5. The van der Waals surface area contributed by atoms with Gasteiger partial charge in [-0.1, -0.05) is 31.2 Å². The number of aryl methyl sites for hydroxylation is 1. The van der Waals surface area contributed by atoms with Crippen LogP contribution in [-0.4, -0.2) is 18.1 Å². The lowest BCUT2D eigenvalue weighted by Crippen LogP contribution is -2.16. The molecule has 0 spiro atoms. The summed E-state index contributed by atoms with van der Waals surface area (Å²) in [4.78, 5) is 12.9. The minimum Gasteiger partial charge on any atom is -0.478 e. The van der Waals surface area contributed by atoms with Crippen LogP contribution in [-0.2, 0) is 13.0 Å². The van der Waals surface area contributed by atoms with Crippen LogP contribution in [0.15, 0.2) is 48.5 Å². The lowest BCUT2D eigenvalue weighted by molar-refractivity contribution is 0.0697. The zero-order valence-corrected chi connectivity index (χ0v) is 11.8. The van der Waals surface area contributed by atoms with E-state index in [1.54, 1.807) is 12.1 Å². The van der Waals surface area contributed by atoms with Crippen LogP contribution in [0.1, 0.15) is 28.4 Å². The summed E-state index contributed by atoms with van der Waals surface area (Å²) < 4.78 is 0. The van der Waals surface area contributed by atoms with Gasteiger partial charge in [-0.15, -0.1) is 0 Å². The van der Waals surface area contributed by atoms with E-state index < -0.39 is 5.97 Å². The highest BCUT2D eigenvalue weighted by molar-refractivity contribution is 5.88. The third-order valence-electron chi connectivity index (χ3n) is 3.41. The van der Waals surface area contributed by atoms with Crippen LogP contribution >= 0.6 is 0 Å². The van der Waals surface area contributed by atoms with Gasteiger partial charge in [0.1, 0.15) is 0 Å². The predicted molar refractivity (Wildman–Crippen MR) is 81.3 cm³/mol. The Morgan fingerprint density at radius 2 is 1.55 bits per heavy atom. The van der Waals surface area contributed by atoms with Gasteiger partial charge in [0, 0.05) is 19.3 Å². The Bertz CT molecular complexity index is 573. The number of carboxylic acid groups (broad SMARTS) is 1. The molecule has 0 bridgehead atoms. The molecule has 0 heterocycles. The minimum atomic E-state index is -0.894. The molecule has 0 aromatic heterocycles. The van der Waals surface area contributed by atoms with E-state index in [-0.39, 0.29) is 0 Å². The van der Waals surface area contributed by atoms with Gasteiger partial charge in [-0.05, 0) is 41.8 Å². The number of benzene rings is 2. The summed E-state index contributed by atoms with van der Waals surface area (Å²) in [5, 5.41) is 8.89. The Morgan fingerprint density at radius 1 is 1.00 bits per heavy atom. The second kappa shape index (κ2) is 6.24. The summed E-state index contributed by atoms with van der Waals surface area (Å²) in [5.74, 6) is -0.894. The quantitative estimate of drug-likeness (QED) is 0.902. The van der Waals surface area contributed by atoms with E-state index in [1.165, 1.54) is 11.1 Å². The average Bonchev–Trinajstić information content (AvgIpc) is 2.48. The molecule has 0 fully saturated rings. The number of rotatable bonds is 5. The van der Waals surface area contributed by atoms with Crippen LogP contribution in [0.4, 0.5) is 5.69 Å². The van der Waals surface area contributed by atoms with Gasteiger partial charge in [0.2, 0.25) is 0 Å². The fourth-order valence-electron chi connectivity index (χ4n) is 2.10. The topological polar surface area (TPSA) is 40.5 Å². The molecule has 104 valence electrons. The summed E-state index contributed by atoms with van der Waals surface area (Å²) in [5.41, 5.74) is 3.90. The molecule has 2 aromatic carbocycles. The first-order valence-electron chi connectivity index (χ1n) is 6.72. The molecular weight excluding hydrogens is 250 g/mol. The van der Waals surface area contributed by atoms with E-state index in [4.69, 9.17) is 5.11 Å². The standard InChI is InChI=1S/C17H19NO2/c1-3-13-4-6-14(7-5-13)12-18(2)16-10-8-15(9-11-16)17(19)20/h4-11H,3,12H2,1-2H3,(H,19,20). The number of anilines is 1.